The van der Waals surface area contributed by atoms with Gasteiger partial charge in [0.2, 0.25) is 0 Å². The average molecular weight is 434 g/mol. The first-order valence-electron chi connectivity index (χ1n) is 9.33. The van der Waals surface area contributed by atoms with Gasteiger partial charge in [0.25, 0.3) is 0 Å². The van der Waals surface area contributed by atoms with Crippen LogP contribution >= 0.6 is 24.0 Å². The second-order valence-electron chi connectivity index (χ2n) is 8.01. The van der Waals surface area contributed by atoms with Gasteiger partial charge in [0, 0.05) is 32.7 Å². The smallest absolute Gasteiger partial charge is 0.193 e. The number of rotatable bonds is 4. The van der Waals surface area contributed by atoms with E-state index in [9.17, 15) is 0 Å². The van der Waals surface area contributed by atoms with E-state index in [1.54, 1.807) is 0 Å². The monoisotopic (exact) mass is 434 g/mol. The lowest BCUT2D eigenvalue weighted by molar-refractivity contribution is 0.151. The van der Waals surface area contributed by atoms with Crippen molar-refractivity contribution in [2.24, 2.45) is 16.3 Å². The van der Waals surface area contributed by atoms with Gasteiger partial charge in [-0.2, -0.15) is 0 Å². The molecule has 1 spiro atoms. The minimum atomic E-state index is 0. The molecular formula is C18H35IN4. The van der Waals surface area contributed by atoms with Crippen molar-refractivity contribution in [1.29, 1.82) is 0 Å². The second-order valence-corrected chi connectivity index (χ2v) is 8.01. The van der Waals surface area contributed by atoms with Crippen LogP contribution in [-0.2, 0) is 0 Å². The number of likely N-dealkylation sites (tertiary alicyclic amines) is 2. The summed E-state index contributed by atoms with van der Waals surface area (Å²) in [5.74, 6) is 1.83. The van der Waals surface area contributed by atoms with Gasteiger partial charge in [-0.05, 0) is 56.5 Å². The molecule has 0 aromatic heterocycles. The predicted octanol–water partition coefficient (Wildman–Crippen LogP) is 3.18. The standard InChI is InChI=1S/C18H34N4.HI/c1-15(2)16(21-10-4-5-11-21)13-20-17(19-3)22-12-9-18(14-22)7-6-8-18;/h15-16H,4-14H2,1-3H3,(H,19,20);1H. The molecule has 0 bridgehead atoms. The van der Waals surface area contributed by atoms with Gasteiger partial charge in [-0.15, -0.1) is 24.0 Å². The molecule has 5 heteroatoms. The van der Waals surface area contributed by atoms with Crippen LogP contribution in [0.2, 0.25) is 0 Å². The number of halogens is 1. The third-order valence-electron chi connectivity index (χ3n) is 6.21. The van der Waals surface area contributed by atoms with E-state index in [-0.39, 0.29) is 24.0 Å². The third kappa shape index (κ3) is 4.33. The molecule has 3 aliphatic rings. The Labute approximate surface area is 159 Å². The highest BCUT2D eigenvalue weighted by Gasteiger charge is 2.43. The summed E-state index contributed by atoms with van der Waals surface area (Å²) in [5, 5.41) is 3.69. The van der Waals surface area contributed by atoms with Crippen molar-refractivity contribution in [3.8, 4) is 0 Å². The molecule has 1 saturated carbocycles. The fourth-order valence-electron chi connectivity index (χ4n) is 4.59. The Bertz CT molecular complexity index is 400. The molecule has 3 fully saturated rings. The lowest BCUT2D eigenvalue weighted by Crippen LogP contribution is -2.49. The van der Waals surface area contributed by atoms with Crippen LogP contribution in [-0.4, -0.2) is 61.6 Å². The van der Waals surface area contributed by atoms with Crippen molar-refractivity contribution in [2.45, 2.75) is 58.4 Å². The molecule has 1 unspecified atom stereocenters. The Morgan fingerprint density at radius 3 is 2.26 bits per heavy atom. The Morgan fingerprint density at radius 1 is 1.09 bits per heavy atom. The van der Waals surface area contributed by atoms with Gasteiger partial charge in [0.15, 0.2) is 5.96 Å². The molecule has 1 atom stereocenters. The largest absolute Gasteiger partial charge is 0.355 e. The normalized spacial score (nSPS) is 25.6. The highest BCUT2D eigenvalue weighted by Crippen LogP contribution is 2.47. The lowest BCUT2D eigenvalue weighted by atomic mass is 9.68. The summed E-state index contributed by atoms with van der Waals surface area (Å²) >= 11 is 0. The van der Waals surface area contributed by atoms with Crippen LogP contribution in [0.1, 0.15) is 52.4 Å². The first-order chi connectivity index (χ1) is 10.6. The summed E-state index contributed by atoms with van der Waals surface area (Å²) in [6, 6.07) is 0.638. The van der Waals surface area contributed by atoms with Crippen molar-refractivity contribution >= 4 is 29.9 Å². The Morgan fingerprint density at radius 2 is 1.78 bits per heavy atom. The van der Waals surface area contributed by atoms with Crippen LogP contribution in [0.5, 0.6) is 0 Å². The molecule has 0 radical (unpaired) electrons. The zero-order valence-electron chi connectivity index (χ0n) is 15.2. The number of hydrogen-bond acceptors (Lipinski definition) is 2. The van der Waals surface area contributed by atoms with E-state index in [0.29, 0.717) is 17.4 Å². The van der Waals surface area contributed by atoms with E-state index in [1.165, 1.54) is 64.7 Å². The van der Waals surface area contributed by atoms with Crippen LogP contribution in [0.25, 0.3) is 0 Å². The average Bonchev–Trinajstić information content (AvgIpc) is 3.12. The van der Waals surface area contributed by atoms with E-state index >= 15 is 0 Å². The van der Waals surface area contributed by atoms with Gasteiger partial charge in [0.05, 0.1) is 0 Å². The molecule has 4 nitrogen and oxygen atoms in total. The van der Waals surface area contributed by atoms with Gasteiger partial charge in [-0.25, -0.2) is 0 Å². The third-order valence-corrected chi connectivity index (χ3v) is 6.21. The van der Waals surface area contributed by atoms with Crippen molar-refractivity contribution in [3.05, 3.63) is 0 Å². The summed E-state index contributed by atoms with van der Waals surface area (Å²) in [5.41, 5.74) is 0.643. The maximum absolute atomic E-state index is 4.56. The maximum Gasteiger partial charge on any atom is 0.193 e. The van der Waals surface area contributed by atoms with Crippen LogP contribution in [0.3, 0.4) is 0 Å². The number of hydrogen-bond donors (Lipinski definition) is 1. The van der Waals surface area contributed by atoms with Gasteiger partial charge >= 0.3 is 0 Å². The maximum atomic E-state index is 4.56. The van der Waals surface area contributed by atoms with Crippen molar-refractivity contribution in [3.63, 3.8) is 0 Å². The fourth-order valence-corrected chi connectivity index (χ4v) is 4.59. The van der Waals surface area contributed by atoms with Crippen LogP contribution in [0.15, 0.2) is 4.99 Å². The highest BCUT2D eigenvalue weighted by atomic mass is 127. The Hall–Kier alpha value is -0.0400. The Balaban J connectivity index is 0.00000192. The molecular weight excluding hydrogens is 399 g/mol. The van der Waals surface area contributed by atoms with E-state index in [0.717, 1.165) is 12.5 Å². The van der Waals surface area contributed by atoms with Crippen LogP contribution in [0.4, 0.5) is 0 Å². The first-order valence-corrected chi connectivity index (χ1v) is 9.33. The fraction of sp³-hybridized carbons (Fsp3) is 0.944. The molecule has 0 aromatic carbocycles. The van der Waals surface area contributed by atoms with Gasteiger partial charge < -0.3 is 10.2 Å². The zero-order valence-corrected chi connectivity index (χ0v) is 17.5. The molecule has 0 aromatic rings. The molecule has 3 rings (SSSR count). The van der Waals surface area contributed by atoms with Crippen molar-refractivity contribution in [1.82, 2.24) is 15.1 Å². The number of nitrogens with zero attached hydrogens (tertiary/aromatic N) is 3. The second kappa shape index (κ2) is 8.37. The number of nitrogens with one attached hydrogen (secondary N) is 1. The molecule has 1 N–H and O–H groups in total. The lowest BCUT2D eigenvalue weighted by Gasteiger charge is -2.38. The predicted molar refractivity (Wildman–Crippen MR) is 109 cm³/mol. The molecule has 2 aliphatic heterocycles. The van der Waals surface area contributed by atoms with E-state index < -0.39 is 0 Å². The van der Waals surface area contributed by atoms with Gasteiger partial charge in [-0.3, -0.25) is 9.89 Å². The summed E-state index contributed by atoms with van der Waals surface area (Å²) < 4.78 is 0. The minimum absolute atomic E-state index is 0. The SMILES string of the molecule is CN=C(NCC(C(C)C)N1CCCC1)N1CCC2(CCC2)C1.I. The summed E-state index contributed by atoms with van der Waals surface area (Å²) in [6.45, 7) is 10.7. The van der Waals surface area contributed by atoms with E-state index in [4.69, 9.17) is 0 Å². The molecule has 2 heterocycles. The van der Waals surface area contributed by atoms with Gasteiger partial charge in [-0.1, -0.05) is 20.3 Å². The van der Waals surface area contributed by atoms with Crippen molar-refractivity contribution in [2.75, 3.05) is 39.8 Å². The molecule has 2 saturated heterocycles. The van der Waals surface area contributed by atoms with Gasteiger partial charge in [0.1, 0.15) is 0 Å². The highest BCUT2D eigenvalue weighted by molar-refractivity contribution is 14.0. The number of aliphatic imine (C=N–C) groups is 1. The molecule has 1 aliphatic carbocycles. The van der Waals surface area contributed by atoms with Crippen LogP contribution < -0.4 is 5.32 Å². The summed E-state index contributed by atoms with van der Waals surface area (Å²) in [6.07, 6.45) is 8.41. The molecule has 0 amide bonds. The zero-order chi connectivity index (χ0) is 15.6. The Kier molecular flexibility index (Phi) is 7.01. The molecule has 134 valence electrons. The topological polar surface area (TPSA) is 30.9 Å². The number of guanidine groups is 1. The minimum Gasteiger partial charge on any atom is -0.355 e. The quantitative estimate of drug-likeness (QED) is 0.419. The van der Waals surface area contributed by atoms with Crippen molar-refractivity contribution < 1.29 is 0 Å². The van der Waals surface area contributed by atoms with E-state index in [2.05, 4.69) is 34.0 Å². The van der Waals surface area contributed by atoms with Crippen LogP contribution in [0, 0.1) is 11.3 Å². The first kappa shape index (κ1) is 19.3. The summed E-state index contributed by atoms with van der Waals surface area (Å²) in [7, 11) is 1.94. The summed E-state index contributed by atoms with van der Waals surface area (Å²) in [4.78, 5) is 9.73. The van der Waals surface area contributed by atoms with E-state index in [1.807, 2.05) is 7.05 Å². The molecule has 23 heavy (non-hydrogen) atoms.